The van der Waals surface area contributed by atoms with Gasteiger partial charge in [-0.2, -0.15) is 0 Å². The Morgan fingerprint density at radius 3 is 2.10 bits per heavy atom. The Labute approximate surface area is 231 Å². The summed E-state index contributed by atoms with van der Waals surface area (Å²) < 4.78 is 34.1. The van der Waals surface area contributed by atoms with Crippen molar-refractivity contribution in [1.82, 2.24) is 10.2 Å². The maximum atomic E-state index is 14.0. The third-order valence-corrected chi connectivity index (χ3v) is 8.10. The Hall–Kier alpha value is -3.85. The molecule has 9 heteroatoms. The van der Waals surface area contributed by atoms with E-state index in [2.05, 4.69) is 5.32 Å². The van der Waals surface area contributed by atoms with Gasteiger partial charge in [-0.3, -0.25) is 13.9 Å². The summed E-state index contributed by atoms with van der Waals surface area (Å²) in [6.45, 7) is 6.99. The van der Waals surface area contributed by atoms with Gasteiger partial charge in [0, 0.05) is 12.6 Å². The Bertz CT molecular complexity index is 1360. The summed E-state index contributed by atoms with van der Waals surface area (Å²) in [6, 6.07) is 21.4. The van der Waals surface area contributed by atoms with Crippen LogP contribution in [0, 0.1) is 6.92 Å². The highest BCUT2D eigenvalue weighted by molar-refractivity contribution is 7.92. The van der Waals surface area contributed by atoms with Gasteiger partial charge < -0.3 is 15.0 Å². The molecule has 3 rings (SSSR count). The maximum absolute atomic E-state index is 14.0. The van der Waals surface area contributed by atoms with Crippen LogP contribution in [-0.2, 0) is 26.2 Å². The molecule has 0 fully saturated rings. The number of methoxy groups -OCH3 is 1. The Balaban J connectivity index is 2.05. The monoisotopic (exact) mass is 551 g/mol. The molecular formula is C30H37N3O5S. The van der Waals surface area contributed by atoms with E-state index in [1.807, 2.05) is 39.0 Å². The molecule has 208 valence electrons. The molecule has 0 bridgehead atoms. The molecule has 1 unspecified atom stereocenters. The van der Waals surface area contributed by atoms with Crippen molar-refractivity contribution in [2.24, 2.45) is 0 Å². The quantitative estimate of drug-likeness (QED) is 0.357. The van der Waals surface area contributed by atoms with Gasteiger partial charge in [0.1, 0.15) is 18.3 Å². The van der Waals surface area contributed by atoms with Gasteiger partial charge >= 0.3 is 0 Å². The van der Waals surface area contributed by atoms with Crippen molar-refractivity contribution in [1.29, 1.82) is 0 Å². The molecule has 0 aliphatic heterocycles. The van der Waals surface area contributed by atoms with Crippen LogP contribution in [0.5, 0.6) is 5.75 Å². The average molecular weight is 552 g/mol. The second-order valence-corrected chi connectivity index (χ2v) is 11.4. The lowest BCUT2D eigenvalue weighted by Crippen LogP contribution is -2.53. The number of benzene rings is 3. The van der Waals surface area contributed by atoms with Gasteiger partial charge in [0.25, 0.3) is 10.0 Å². The van der Waals surface area contributed by atoms with Crippen LogP contribution >= 0.6 is 0 Å². The predicted molar refractivity (Wildman–Crippen MR) is 153 cm³/mol. The first-order chi connectivity index (χ1) is 18.6. The number of amides is 2. The van der Waals surface area contributed by atoms with E-state index >= 15 is 0 Å². The topological polar surface area (TPSA) is 96.0 Å². The minimum absolute atomic E-state index is 0.0762. The molecule has 0 aliphatic rings. The molecular weight excluding hydrogens is 514 g/mol. The predicted octanol–water partition coefficient (Wildman–Crippen LogP) is 4.53. The smallest absolute Gasteiger partial charge is 0.264 e. The zero-order chi connectivity index (χ0) is 28.6. The molecule has 3 aromatic rings. The molecule has 0 aliphatic carbocycles. The minimum atomic E-state index is -4.09. The lowest BCUT2D eigenvalue weighted by atomic mass is 10.1. The Kier molecular flexibility index (Phi) is 10.1. The lowest BCUT2D eigenvalue weighted by Gasteiger charge is -2.34. The second kappa shape index (κ2) is 13.3. The van der Waals surface area contributed by atoms with Crippen molar-refractivity contribution >= 4 is 27.5 Å². The average Bonchev–Trinajstić information content (AvgIpc) is 2.92. The zero-order valence-corrected chi connectivity index (χ0v) is 23.9. The van der Waals surface area contributed by atoms with Gasteiger partial charge in [-0.15, -0.1) is 0 Å². The number of aryl methyl sites for hydroxylation is 1. The van der Waals surface area contributed by atoms with Gasteiger partial charge in [-0.1, -0.05) is 55.5 Å². The fourth-order valence-corrected chi connectivity index (χ4v) is 5.80. The van der Waals surface area contributed by atoms with Crippen molar-refractivity contribution in [3.05, 3.63) is 90.0 Å². The largest absolute Gasteiger partial charge is 0.497 e. The number of carbonyl (C=O) groups is 2. The number of ether oxygens (including phenoxy) is 1. The normalized spacial score (nSPS) is 12.1. The molecule has 0 heterocycles. The molecule has 2 amide bonds. The molecule has 39 heavy (non-hydrogen) atoms. The molecule has 0 aromatic heterocycles. The summed E-state index contributed by atoms with van der Waals surface area (Å²) in [7, 11) is -2.52. The van der Waals surface area contributed by atoms with E-state index in [0.29, 0.717) is 23.4 Å². The van der Waals surface area contributed by atoms with Crippen molar-refractivity contribution in [3.63, 3.8) is 0 Å². The molecule has 0 spiro atoms. The van der Waals surface area contributed by atoms with E-state index < -0.39 is 28.5 Å². The Morgan fingerprint density at radius 1 is 0.923 bits per heavy atom. The minimum Gasteiger partial charge on any atom is -0.497 e. The molecule has 0 saturated carbocycles. The fourth-order valence-electron chi connectivity index (χ4n) is 4.30. The van der Waals surface area contributed by atoms with Gasteiger partial charge in [-0.05, 0) is 68.7 Å². The standard InChI is InChI=1S/C30H37N3O5S/c1-6-27(30(35)31-22(2)3)32(20-24-16-18-25(38-5)19-17-24)29(34)21-33(28-15-11-10-12-23(28)4)39(36,37)26-13-8-7-9-14-26/h7-19,22,27H,6,20-21H2,1-5H3,(H,31,35). The van der Waals surface area contributed by atoms with Crippen LogP contribution < -0.4 is 14.4 Å². The summed E-state index contributed by atoms with van der Waals surface area (Å²) in [5, 5.41) is 2.90. The van der Waals surface area contributed by atoms with E-state index in [0.717, 1.165) is 9.87 Å². The highest BCUT2D eigenvalue weighted by atomic mass is 32.2. The molecule has 0 saturated heterocycles. The number of nitrogens with one attached hydrogen (secondary N) is 1. The number of hydrogen-bond donors (Lipinski definition) is 1. The lowest BCUT2D eigenvalue weighted by molar-refractivity contribution is -0.140. The summed E-state index contributed by atoms with van der Waals surface area (Å²) in [6.07, 6.45) is 0.357. The van der Waals surface area contributed by atoms with Crippen molar-refractivity contribution in [3.8, 4) is 5.75 Å². The third kappa shape index (κ3) is 7.38. The van der Waals surface area contributed by atoms with Gasteiger partial charge in [0.2, 0.25) is 11.8 Å². The van der Waals surface area contributed by atoms with E-state index in [1.54, 1.807) is 62.6 Å². The van der Waals surface area contributed by atoms with Crippen molar-refractivity contribution in [2.45, 2.75) is 57.6 Å². The number of nitrogens with zero attached hydrogens (tertiary/aromatic N) is 2. The first-order valence-electron chi connectivity index (χ1n) is 12.9. The van der Waals surface area contributed by atoms with Gasteiger partial charge in [0.05, 0.1) is 17.7 Å². The number of anilines is 1. The van der Waals surface area contributed by atoms with Crippen molar-refractivity contribution < 1.29 is 22.7 Å². The zero-order valence-electron chi connectivity index (χ0n) is 23.1. The molecule has 3 aromatic carbocycles. The second-order valence-electron chi connectivity index (χ2n) is 9.57. The number of hydrogen-bond acceptors (Lipinski definition) is 5. The van der Waals surface area contributed by atoms with Crippen LogP contribution in [0.4, 0.5) is 5.69 Å². The molecule has 1 atom stereocenters. The fraction of sp³-hybridized carbons (Fsp3) is 0.333. The van der Waals surface area contributed by atoms with E-state index in [4.69, 9.17) is 4.74 Å². The van der Waals surface area contributed by atoms with E-state index in [-0.39, 0.29) is 23.4 Å². The van der Waals surface area contributed by atoms with E-state index in [1.165, 1.54) is 17.0 Å². The first kappa shape index (κ1) is 29.7. The van der Waals surface area contributed by atoms with Crippen LogP contribution in [-0.4, -0.2) is 50.9 Å². The summed E-state index contributed by atoms with van der Waals surface area (Å²) in [4.78, 5) is 28.8. The summed E-state index contributed by atoms with van der Waals surface area (Å²) in [5.41, 5.74) is 1.89. The van der Waals surface area contributed by atoms with Crippen LogP contribution in [0.15, 0.2) is 83.8 Å². The van der Waals surface area contributed by atoms with Crippen molar-refractivity contribution in [2.75, 3.05) is 18.0 Å². The maximum Gasteiger partial charge on any atom is 0.264 e. The molecule has 0 radical (unpaired) electrons. The summed E-state index contributed by atoms with van der Waals surface area (Å²) in [5.74, 6) is -0.108. The third-order valence-electron chi connectivity index (χ3n) is 6.32. The van der Waals surface area contributed by atoms with Gasteiger partial charge in [0.15, 0.2) is 0 Å². The number of rotatable bonds is 12. The van der Waals surface area contributed by atoms with E-state index in [9.17, 15) is 18.0 Å². The molecule has 8 nitrogen and oxygen atoms in total. The highest BCUT2D eigenvalue weighted by Gasteiger charge is 2.34. The number of carbonyl (C=O) groups excluding carboxylic acids is 2. The highest BCUT2D eigenvalue weighted by Crippen LogP contribution is 2.27. The van der Waals surface area contributed by atoms with Crippen LogP contribution in [0.3, 0.4) is 0 Å². The molecule has 1 N–H and O–H groups in total. The number of sulfonamides is 1. The SMILES string of the molecule is CCC(C(=O)NC(C)C)N(Cc1ccc(OC)cc1)C(=O)CN(c1ccccc1C)S(=O)(=O)c1ccccc1. The van der Waals surface area contributed by atoms with Crippen LogP contribution in [0.1, 0.15) is 38.3 Å². The van der Waals surface area contributed by atoms with Crippen LogP contribution in [0.25, 0.3) is 0 Å². The summed E-state index contributed by atoms with van der Waals surface area (Å²) >= 11 is 0. The number of para-hydroxylation sites is 1. The van der Waals surface area contributed by atoms with Crippen LogP contribution in [0.2, 0.25) is 0 Å². The first-order valence-corrected chi connectivity index (χ1v) is 14.4. The van der Waals surface area contributed by atoms with Gasteiger partial charge in [-0.25, -0.2) is 8.42 Å². The Morgan fingerprint density at radius 2 is 1.54 bits per heavy atom.